The first-order chi connectivity index (χ1) is 10.8. The topological polar surface area (TPSA) is 20.3 Å². The van der Waals surface area contributed by atoms with E-state index in [2.05, 4.69) is 20.8 Å². The fourth-order valence-corrected chi connectivity index (χ4v) is 7.47. The summed E-state index contributed by atoms with van der Waals surface area (Å²) in [5.74, 6) is 2.06. The summed E-state index contributed by atoms with van der Waals surface area (Å²) in [4.78, 5) is 14.0. The third-order valence-corrected chi connectivity index (χ3v) is 8.74. The van der Waals surface area contributed by atoms with Crippen molar-refractivity contribution in [1.29, 1.82) is 0 Å². The van der Waals surface area contributed by atoms with Gasteiger partial charge in [-0.2, -0.15) is 0 Å². The molecule has 23 heavy (non-hydrogen) atoms. The molecule has 0 N–H and O–H groups in total. The predicted molar refractivity (Wildman–Crippen MR) is 89.6 cm³/mol. The molecule has 0 aromatic carbocycles. The minimum absolute atomic E-state index is 0.0246. The van der Waals surface area contributed by atoms with Crippen LogP contribution in [0.25, 0.3) is 0 Å². The van der Waals surface area contributed by atoms with Crippen molar-refractivity contribution in [1.82, 2.24) is 4.90 Å². The van der Waals surface area contributed by atoms with Gasteiger partial charge in [-0.3, -0.25) is 4.79 Å². The molecular weight excluding hydrogens is 289 g/mol. The minimum Gasteiger partial charge on any atom is -0.339 e. The molecule has 0 aromatic rings. The highest BCUT2D eigenvalue weighted by molar-refractivity contribution is 5.77. The Morgan fingerprint density at radius 2 is 1.87 bits per heavy atom. The summed E-state index contributed by atoms with van der Waals surface area (Å²) in [5.41, 5.74) is 0.428. The van der Waals surface area contributed by atoms with Crippen LogP contribution in [0.4, 0.5) is 4.39 Å². The quantitative estimate of drug-likeness (QED) is 0.646. The maximum absolute atomic E-state index is 15.5. The number of hydrogen-bond acceptors (Lipinski definition) is 1. The average Bonchev–Trinajstić information content (AvgIpc) is 2.90. The van der Waals surface area contributed by atoms with Crippen molar-refractivity contribution in [3.63, 3.8) is 0 Å². The summed E-state index contributed by atoms with van der Waals surface area (Å²) >= 11 is 0. The number of rotatable bonds is 0. The van der Waals surface area contributed by atoms with Crippen molar-refractivity contribution in [2.24, 2.45) is 34.5 Å². The molecule has 2 nitrogen and oxygen atoms in total. The van der Waals surface area contributed by atoms with Crippen molar-refractivity contribution in [3.05, 3.63) is 0 Å². The van der Waals surface area contributed by atoms with Crippen LogP contribution in [0.5, 0.6) is 0 Å². The fourth-order valence-electron chi connectivity index (χ4n) is 7.47. The number of nitrogens with zero attached hydrogens (tertiary/aromatic N) is 1. The highest BCUT2D eigenvalue weighted by Gasteiger charge is 2.64. The lowest BCUT2D eigenvalue weighted by Gasteiger charge is -2.64. The Hall–Kier alpha value is -0.600. The Labute approximate surface area is 140 Å². The Bertz CT molecular complexity index is 522. The van der Waals surface area contributed by atoms with Crippen LogP contribution < -0.4 is 0 Å². The normalized spacial score (nSPS) is 56.0. The summed E-state index contributed by atoms with van der Waals surface area (Å²) in [7, 11) is 1.84. The monoisotopic (exact) mass is 321 g/mol. The van der Waals surface area contributed by atoms with Crippen molar-refractivity contribution in [3.8, 4) is 0 Å². The van der Waals surface area contributed by atoms with Crippen LogP contribution in [0.15, 0.2) is 0 Å². The molecule has 4 rings (SSSR count). The van der Waals surface area contributed by atoms with Gasteiger partial charge in [-0.15, -0.1) is 0 Å². The predicted octanol–water partition coefficient (Wildman–Crippen LogP) is 4.43. The van der Waals surface area contributed by atoms with E-state index in [4.69, 9.17) is 0 Å². The van der Waals surface area contributed by atoms with Gasteiger partial charge in [0, 0.05) is 13.5 Å². The van der Waals surface area contributed by atoms with E-state index in [0.29, 0.717) is 29.6 Å². The second-order valence-electron chi connectivity index (χ2n) is 9.63. The number of hydrogen-bond donors (Lipinski definition) is 0. The first-order valence-corrected chi connectivity index (χ1v) is 9.69. The molecule has 1 amide bonds. The number of alkyl halides is 1. The molecule has 0 radical (unpaired) electrons. The number of carbonyl (C=O) groups is 1. The maximum Gasteiger partial charge on any atom is 0.222 e. The zero-order valence-corrected chi connectivity index (χ0v) is 15.1. The lowest BCUT2D eigenvalue weighted by molar-refractivity contribution is -0.183. The Balaban J connectivity index is 1.75. The standard InChI is InChI=1S/C20H32FNO/c1-12-16-13-6-5-9-19(13,2)10-7-14(16)20(3)11-8-15(23)22(4)18(20)17(12)21/h12-14,16-18H,5-11H2,1-4H3/t12?,13-,14+,16-,17?,18?,19-,20+/m0/s1. The summed E-state index contributed by atoms with van der Waals surface area (Å²) in [5, 5.41) is 0. The van der Waals surface area contributed by atoms with Crippen LogP contribution in [-0.4, -0.2) is 30.1 Å². The first kappa shape index (κ1) is 15.9. The van der Waals surface area contributed by atoms with Gasteiger partial charge in [0.1, 0.15) is 6.17 Å². The molecule has 0 aromatic heterocycles. The van der Waals surface area contributed by atoms with E-state index in [1.54, 1.807) is 4.90 Å². The van der Waals surface area contributed by atoms with Gasteiger partial charge in [-0.25, -0.2) is 4.39 Å². The smallest absolute Gasteiger partial charge is 0.222 e. The van der Waals surface area contributed by atoms with E-state index >= 15 is 4.39 Å². The molecule has 1 heterocycles. The second kappa shape index (κ2) is 4.95. The van der Waals surface area contributed by atoms with E-state index in [0.717, 1.165) is 6.42 Å². The molecule has 1 aliphatic heterocycles. The van der Waals surface area contributed by atoms with E-state index in [9.17, 15) is 4.79 Å². The molecule has 3 unspecified atom stereocenters. The zero-order valence-electron chi connectivity index (χ0n) is 15.1. The molecule has 3 heteroatoms. The first-order valence-electron chi connectivity index (χ1n) is 9.69. The van der Waals surface area contributed by atoms with Crippen LogP contribution >= 0.6 is 0 Å². The number of carbonyl (C=O) groups excluding carboxylic acids is 1. The van der Waals surface area contributed by atoms with Gasteiger partial charge < -0.3 is 4.90 Å². The van der Waals surface area contributed by atoms with Gasteiger partial charge >= 0.3 is 0 Å². The van der Waals surface area contributed by atoms with Gasteiger partial charge in [-0.1, -0.05) is 27.2 Å². The Morgan fingerprint density at radius 1 is 1.13 bits per heavy atom. The zero-order chi connectivity index (χ0) is 16.6. The molecular formula is C20H32FNO. The van der Waals surface area contributed by atoms with Crippen LogP contribution in [0.3, 0.4) is 0 Å². The average molecular weight is 321 g/mol. The van der Waals surface area contributed by atoms with Gasteiger partial charge in [0.2, 0.25) is 5.91 Å². The van der Waals surface area contributed by atoms with Crippen molar-refractivity contribution < 1.29 is 9.18 Å². The lowest BCUT2D eigenvalue weighted by Crippen LogP contribution is -2.67. The van der Waals surface area contributed by atoms with Gasteiger partial charge in [0.05, 0.1) is 6.04 Å². The molecule has 0 spiro atoms. The number of fused-ring (bicyclic) bond motifs is 5. The summed E-state index contributed by atoms with van der Waals surface area (Å²) in [6.45, 7) is 6.90. The van der Waals surface area contributed by atoms with E-state index in [1.165, 1.54) is 32.1 Å². The number of likely N-dealkylation sites (tertiary alicyclic amines) is 1. The third-order valence-electron chi connectivity index (χ3n) is 8.74. The highest BCUT2D eigenvalue weighted by Crippen LogP contribution is 2.66. The molecule has 0 bridgehead atoms. The lowest BCUT2D eigenvalue weighted by atomic mass is 9.45. The summed E-state index contributed by atoms with van der Waals surface area (Å²) < 4.78 is 15.5. The molecule has 1 saturated heterocycles. The van der Waals surface area contributed by atoms with Crippen molar-refractivity contribution in [2.45, 2.75) is 77.9 Å². The van der Waals surface area contributed by atoms with Crippen LogP contribution in [0.2, 0.25) is 0 Å². The number of amides is 1. The SMILES string of the molecule is CC1C(F)C2N(C)C(=O)CC[C@]2(C)[C@@H]2CC[C@]3(C)CCC[C@H]3[C@H]12. The second-order valence-corrected chi connectivity index (χ2v) is 9.63. The molecule has 3 aliphatic carbocycles. The highest BCUT2D eigenvalue weighted by atomic mass is 19.1. The summed E-state index contributed by atoms with van der Waals surface area (Å²) in [6, 6.07) is -0.203. The third kappa shape index (κ3) is 1.94. The minimum atomic E-state index is -0.863. The van der Waals surface area contributed by atoms with E-state index < -0.39 is 6.17 Å². The summed E-state index contributed by atoms with van der Waals surface area (Å²) in [6.07, 6.45) is 7.14. The van der Waals surface area contributed by atoms with E-state index in [-0.39, 0.29) is 23.3 Å². The van der Waals surface area contributed by atoms with Gasteiger partial charge in [0.25, 0.3) is 0 Å². The molecule has 8 atom stereocenters. The van der Waals surface area contributed by atoms with E-state index in [1.807, 2.05) is 7.05 Å². The van der Waals surface area contributed by atoms with Gasteiger partial charge in [-0.05, 0) is 66.6 Å². The molecule has 3 saturated carbocycles. The van der Waals surface area contributed by atoms with Crippen LogP contribution in [0, 0.1) is 34.5 Å². The Kier molecular flexibility index (Phi) is 3.42. The molecule has 130 valence electrons. The molecule has 4 aliphatic rings. The molecule has 4 fully saturated rings. The largest absolute Gasteiger partial charge is 0.339 e. The van der Waals surface area contributed by atoms with Crippen LogP contribution in [-0.2, 0) is 4.79 Å². The van der Waals surface area contributed by atoms with Crippen molar-refractivity contribution in [2.75, 3.05) is 7.05 Å². The fraction of sp³-hybridized carbons (Fsp3) is 0.950. The van der Waals surface area contributed by atoms with Gasteiger partial charge in [0.15, 0.2) is 0 Å². The van der Waals surface area contributed by atoms with Crippen LogP contribution in [0.1, 0.15) is 65.7 Å². The van der Waals surface area contributed by atoms with Crippen molar-refractivity contribution >= 4 is 5.91 Å². The Morgan fingerprint density at radius 3 is 2.61 bits per heavy atom. The number of halogens is 1. The maximum atomic E-state index is 15.5. The number of piperidine rings is 1.